The highest BCUT2D eigenvalue weighted by Gasteiger charge is 2.32. The number of rotatable bonds is 4. The van der Waals surface area contributed by atoms with Gasteiger partial charge >= 0.3 is 0 Å². The average Bonchev–Trinajstić information content (AvgIpc) is 2.89. The van der Waals surface area contributed by atoms with Crippen LogP contribution >= 0.6 is 0 Å². The van der Waals surface area contributed by atoms with Gasteiger partial charge < -0.3 is 10.3 Å². The third-order valence-corrected chi connectivity index (χ3v) is 3.48. The predicted octanol–water partition coefficient (Wildman–Crippen LogP) is 2.54. The van der Waals surface area contributed by atoms with Crippen LogP contribution in [0.5, 0.6) is 0 Å². The first-order valence-corrected chi connectivity index (χ1v) is 6.01. The molecule has 1 aromatic carbocycles. The maximum Gasteiger partial charge on any atom is 0.271 e. The van der Waals surface area contributed by atoms with Crippen molar-refractivity contribution in [2.75, 3.05) is 11.9 Å². The first-order valence-electron chi connectivity index (χ1n) is 6.01. The molecule has 2 unspecified atom stereocenters. The Morgan fingerprint density at radius 2 is 2.39 bits per heavy atom. The molecule has 0 aliphatic heterocycles. The number of benzene rings is 1. The van der Waals surface area contributed by atoms with Gasteiger partial charge in [0.05, 0.1) is 16.0 Å². The van der Waals surface area contributed by atoms with Crippen LogP contribution in [0.25, 0.3) is 11.0 Å². The SMILES string of the molecule is CC1CC1CNc1nc2ccc([N+](=O)[O-])cc2[nH]1. The van der Waals surface area contributed by atoms with Gasteiger partial charge in [0.2, 0.25) is 5.95 Å². The van der Waals surface area contributed by atoms with Crippen LogP contribution in [0.4, 0.5) is 11.6 Å². The summed E-state index contributed by atoms with van der Waals surface area (Å²) in [5.74, 6) is 2.21. The highest BCUT2D eigenvalue weighted by Crippen LogP contribution is 2.37. The van der Waals surface area contributed by atoms with Crippen LogP contribution < -0.4 is 5.32 Å². The van der Waals surface area contributed by atoms with Crippen LogP contribution in [0.15, 0.2) is 18.2 Å². The minimum absolute atomic E-state index is 0.0773. The zero-order valence-corrected chi connectivity index (χ0v) is 10.0. The Labute approximate surface area is 104 Å². The van der Waals surface area contributed by atoms with Crippen molar-refractivity contribution >= 4 is 22.7 Å². The summed E-state index contributed by atoms with van der Waals surface area (Å²) in [6.07, 6.45) is 1.26. The largest absolute Gasteiger partial charge is 0.356 e. The second-order valence-electron chi connectivity index (χ2n) is 4.90. The number of aromatic amines is 1. The number of imidazole rings is 1. The molecule has 1 aliphatic rings. The summed E-state index contributed by atoms with van der Waals surface area (Å²) in [6.45, 7) is 3.14. The molecule has 0 saturated heterocycles. The van der Waals surface area contributed by atoms with E-state index in [1.54, 1.807) is 6.07 Å². The van der Waals surface area contributed by atoms with E-state index in [0.717, 1.165) is 23.9 Å². The lowest BCUT2D eigenvalue weighted by Crippen LogP contribution is -2.05. The van der Waals surface area contributed by atoms with Crippen molar-refractivity contribution < 1.29 is 4.92 Å². The minimum atomic E-state index is -0.404. The number of nitrogens with one attached hydrogen (secondary N) is 2. The Morgan fingerprint density at radius 1 is 1.61 bits per heavy atom. The van der Waals surface area contributed by atoms with Gasteiger partial charge in [0, 0.05) is 18.7 Å². The fraction of sp³-hybridized carbons (Fsp3) is 0.417. The Kier molecular flexibility index (Phi) is 2.43. The molecule has 94 valence electrons. The van der Waals surface area contributed by atoms with Crippen molar-refractivity contribution in [3.8, 4) is 0 Å². The van der Waals surface area contributed by atoms with Gasteiger partial charge in [0.15, 0.2) is 0 Å². The Balaban J connectivity index is 1.79. The number of hydrogen-bond acceptors (Lipinski definition) is 4. The quantitative estimate of drug-likeness (QED) is 0.641. The monoisotopic (exact) mass is 246 g/mol. The number of hydrogen-bond donors (Lipinski definition) is 2. The molecule has 18 heavy (non-hydrogen) atoms. The van der Waals surface area contributed by atoms with Crippen molar-refractivity contribution in [1.82, 2.24) is 9.97 Å². The van der Waals surface area contributed by atoms with Crippen molar-refractivity contribution in [3.05, 3.63) is 28.3 Å². The molecule has 1 heterocycles. The zero-order chi connectivity index (χ0) is 12.7. The number of non-ortho nitro benzene ring substituents is 1. The van der Waals surface area contributed by atoms with Gasteiger partial charge in [-0.2, -0.15) is 0 Å². The summed E-state index contributed by atoms with van der Waals surface area (Å²) >= 11 is 0. The molecule has 0 spiro atoms. The molecule has 0 amide bonds. The summed E-state index contributed by atoms with van der Waals surface area (Å²) < 4.78 is 0. The molecule has 1 aliphatic carbocycles. The molecule has 1 saturated carbocycles. The molecule has 2 atom stereocenters. The number of fused-ring (bicyclic) bond motifs is 1. The summed E-state index contributed by atoms with van der Waals surface area (Å²) in [4.78, 5) is 17.7. The Morgan fingerprint density at radius 3 is 3.06 bits per heavy atom. The summed E-state index contributed by atoms with van der Waals surface area (Å²) in [5.41, 5.74) is 1.51. The van der Waals surface area contributed by atoms with Gasteiger partial charge in [-0.15, -0.1) is 0 Å². The van der Waals surface area contributed by atoms with Crippen LogP contribution in [0, 0.1) is 22.0 Å². The maximum atomic E-state index is 10.7. The fourth-order valence-corrected chi connectivity index (χ4v) is 2.11. The molecule has 1 aromatic heterocycles. The maximum absolute atomic E-state index is 10.7. The lowest BCUT2D eigenvalue weighted by atomic mass is 10.3. The smallest absolute Gasteiger partial charge is 0.271 e. The number of nitrogens with zero attached hydrogens (tertiary/aromatic N) is 2. The number of nitro groups is 1. The van der Waals surface area contributed by atoms with Crippen LogP contribution in [-0.2, 0) is 0 Å². The van der Waals surface area contributed by atoms with E-state index in [1.165, 1.54) is 18.6 Å². The molecule has 6 heteroatoms. The summed E-state index contributed by atoms with van der Waals surface area (Å²) in [6, 6.07) is 4.64. The van der Waals surface area contributed by atoms with E-state index in [0.29, 0.717) is 11.5 Å². The van der Waals surface area contributed by atoms with E-state index in [4.69, 9.17) is 0 Å². The third-order valence-electron chi connectivity index (χ3n) is 3.48. The second kappa shape index (κ2) is 3.97. The van der Waals surface area contributed by atoms with Gasteiger partial charge in [0.25, 0.3) is 5.69 Å². The Hall–Kier alpha value is -2.11. The molecule has 6 nitrogen and oxygen atoms in total. The first-order chi connectivity index (χ1) is 8.63. The molecule has 3 rings (SSSR count). The third kappa shape index (κ3) is 2.01. The lowest BCUT2D eigenvalue weighted by molar-refractivity contribution is -0.384. The predicted molar refractivity (Wildman–Crippen MR) is 68.5 cm³/mol. The topological polar surface area (TPSA) is 83.8 Å². The lowest BCUT2D eigenvalue weighted by Gasteiger charge is -1.99. The first kappa shape index (κ1) is 11.0. The second-order valence-corrected chi connectivity index (χ2v) is 4.90. The zero-order valence-electron chi connectivity index (χ0n) is 10.0. The molecule has 2 N–H and O–H groups in total. The van der Waals surface area contributed by atoms with Crippen LogP contribution in [0.1, 0.15) is 13.3 Å². The van der Waals surface area contributed by atoms with Crippen molar-refractivity contribution in [3.63, 3.8) is 0 Å². The van der Waals surface area contributed by atoms with Crippen molar-refractivity contribution in [1.29, 1.82) is 0 Å². The Bertz CT molecular complexity index is 607. The summed E-state index contributed by atoms with van der Waals surface area (Å²) in [5, 5.41) is 13.9. The number of H-pyrrole nitrogens is 1. The molecular weight excluding hydrogens is 232 g/mol. The van der Waals surface area contributed by atoms with Crippen molar-refractivity contribution in [2.45, 2.75) is 13.3 Å². The van der Waals surface area contributed by atoms with Crippen LogP contribution in [0.3, 0.4) is 0 Å². The van der Waals surface area contributed by atoms with Gasteiger partial charge in [-0.1, -0.05) is 6.92 Å². The van der Waals surface area contributed by atoms with Gasteiger partial charge in [-0.25, -0.2) is 4.98 Å². The minimum Gasteiger partial charge on any atom is -0.356 e. The van der Waals surface area contributed by atoms with E-state index >= 15 is 0 Å². The fourth-order valence-electron chi connectivity index (χ4n) is 2.11. The van der Waals surface area contributed by atoms with Crippen LogP contribution in [0.2, 0.25) is 0 Å². The van der Waals surface area contributed by atoms with Gasteiger partial charge in [-0.3, -0.25) is 10.1 Å². The highest BCUT2D eigenvalue weighted by molar-refractivity contribution is 5.79. The van der Waals surface area contributed by atoms with E-state index in [-0.39, 0.29) is 5.69 Å². The van der Waals surface area contributed by atoms with E-state index in [1.807, 2.05) is 0 Å². The normalized spacial score (nSPS) is 22.1. The number of anilines is 1. The molecule has 0 bridgehead atoms. The highest BCUT2D eigenvalue weighted by atomic mass is 16.6. The molecule has 0 radical (unpaired) electrons. The van der Waals surface area contributed by atoms with E-state index in [2.05, 4.69) is 22.2 Å². The van der Waals surface area contributed by atoms with Crippen molar-refractivity contribution in [2.24, 2.45) is 11.8 Å². The van der Waals surface area contributed by atoms with Crippen LogP contribution in [-0.4, -0.2) is 21.4 Å². The number of aromatic nitrogens is 2. The molecule has 2 aromatic rings. The van der Waals surface area contributed by atoms with Gasteiger partial charge in [0.1, 0.15) is 0 Å². The van der Waals surface area contributed by atoms with Gasteiger partial charge in [-0.05, 0) is 24.3 Å². The van der Waals surface area contributed by atoms with E-state index < -0.39 is 4.92 Å². The standard InChI is InChI=1S/C12H14N4O2/c1-7-4-8(7)6-13-12-14-10-3-2-9(16(17)18)5-11(10)15-12/h2-3,5,7-8H,4,6H2,1H3,(H2,13,14,15). The molecular formula is C12H14N4O2. The average molecular weight is 246 g/mol. The number of nitro benzene ring substituents is 1. The summed E-state index contributed by atoms with van der Waals surface area (Å²) in [7, 11) is 0. The van der Waals surface area contributed by atoms with E-state index in [9.17, 15) is 10.1 Å². The molecule has 1 fully saturated rings.